The summed E-state index contributed by atoms with van der Waals surface area (Å²) in [5.74, 6) is -0.250. The average molecular weight is 337 g/mol. The zero-order chi connectivity index (χ0) is 17.9. The summed E-state index contributed by atoms with van der Waals surface area (Å²) in [7, 11) is 6.44. The highest BCUT2D eigenvalue weighted by Gasteiger charge is 2.18. The zero-order valence-corrected chi connectivity index (χ0v) is 14.8. The van der Waals surface area contributed by atoms with Crippen LogP contribution in [0, 0.1) is 0 Å². The number of hydrogen-bond acceptors (Lipinski definition) is 6. The van der Waals surface area contributed by atoms with Crippen LogP contribution in [0.2, 0.25) is 0 Å². The number of nitrogens with one attached hydrogen (secondary N) is 3. The van der Waals surface area contributed by atoms with E-state index in [1.54, 1.807) is 25.2 Å². The fourth-order valence-corrected chi connectivity index (χ4v) is 2.34. The maximum Gasteiger partial charge on any atom is 0.341 e. The van der Waals surface area contributed by atoms with Crippen molar-refractivity contribution in [1.29, 1.82) is 0 Å². The lowest BCUT2D eigenvalue weighted by Gasteiger charge is -2.17. The van der Waals surface area contributed by atoms with Gasteiger partial charge in [-0.05, 0) is 51.7 Å². The lowest BCUT2D eigenvalue weighted by atomic mass is 10.1. The molecular formula is C17H27N3O4. The number of anilines is 1. The van der Waals surface area contributed by atoms with Crippen LogP contribution in [0.25, 0.3) is 0 Å². The van der Waals surface area contributed by atoms with E-state index in [1.807, 2.05) is 7.05 Å². The summed E-state index contributed by atoms with van der Waals surface area (Å²) in [6.07, 6.45) is 2.69. The second-order valence-electron chi connectivity index (χ2n) is 5.34. The van der Waals surface area contributed by atoms with Gasteiger partial charge in [-0.1, -0.05) is 6.42 Å². The Morgan fingerprint density at radius 3 is 2.50 bits per heavy atom. The van der Waals surface area contributed by atoms with Crippen LogP contribution in [0.1, 0.15) is 29.6 Å². The molecule has 0 heterocycles. The van der Waals surface area contributed by atoms with Crippen molar-refractivity contribution in [3.8, 4) is 5.75 Å². The normalized spacial score (nSPS) is 11.7. The van der Waals surface area contributed by atoms with Crippen molar-refractivity contribution in [2.45, 2.75) is 25.3 Å². The average Bonchev–Trinajstić information content (AvgIpc) is 2.60. The van der Waals surface area contributed by atoms with Gasteiger partial charge in [0.2, 0.25) is 5.91 Å². The van der Waals surface area contributed by atoms with Crippen LogP contribution in [0.3, 0.4) is 0 Å². The SMILES string of the molecule is CNCCCC[C@H](NC)C(=O)Nc1ccc(OC)c(C(=O)OC)c1. The summed E-state index contributed by atoms with van der Waals surface area (Å²) in [5.41, 5.74) is 0.796. The van der Waals surface area contributed by atoms with Crippen molar-refractivity contribution in [2.75, 3.05) is 40.2 Å². The summed E-state index contributed by atoms with van der Waals surface area (Å²) in [5, 5.41) is 8.93. The molecule has 134 valence electrons. The number of carbonyl (C=O) groups excluding carboxylic acids is 2. The van der Waals surface area contributed by atoms with Gasteiger partial charge in [0.05, 0.1) is 20.3 Å². The third-order valence-electron chi connectivity index (χ3n) is 3.71. The minimum Gasteiger partial charge on any atom is -0.496 e. The Morgan fingerprint density at radius 2 is 1.92 bits per heavy atom. The molecule has 1 aromatic carbocycles. The van der Waals surface area contributed by atoms with Crippen LogP contribution in [-0.4, -0.2) is 52.8 Å². The minimum atomic E-state index is -0.514. The molecule has 1 amide bonds. The van der Waals surface area contributed by atoms with Gasteiger partial charge < -0.3 is 25.4 Å². The van der Waals surface area contributed by atoms with E-state index in [-0.39, 0.29) is 17.5 Å². The Kier molecular flexibility index (Phi) is 8.81. The van der Waals surface area contributed by atoms with E-state index in [0.717, 1.165) is 25.8 Å². The van der Waals surface area contributed by atoms with E-state index in [9.17, 15) is 9.59 Å². The van der Waals surface area contributed by atoms with Crippen molar-refractivity contribution in [1.82, 2.24) is 10.6 Å². The number of amides is 1. The molecule has 0 aliphatic heterocycles. The fraction of sp³-hybridized carbons (Fsp3) is 0.529. The summed E-state index contributed by atoms with van der Waals surface area (Å²) in [4.78, 5) is 24.2. The minimum absolute atomic E-state index is 0.136. The number of esters is 1. The molecule has 0 radical (unpaired) electrons. The lowest BCUT2D eigenvalue weighted by Crippen LogP contribution is -2.38. The molecule has 24 heavy (non-hydrogen) atoms. The fourth-order valence-electron chi connectivity index (χ4n) is 2.34. The third kappa shape index (κ3) is 5.82. The smallest absolute Gasteiger partial charge is 0.341 e. The van der Waals surface area contributed by atoms with E-state index in [0.29, 0.717) is 11.4 Å². The van der Waals surface area contributed by atoms with Gasteiger partial charge in [0.1, 0.15) is 11.3 Å². The van der Waals surface area contributed by atoms with E-state index in [2.05, 4.69) is 16.0 Å². The van der Waals surface area contributed by atoms with Crippen LogP contribution in [0.4, 0.5) is 5.69 Å². The van der Waals surface area contributed by atoms with Crippen LogP contribution >= 0.6 is 0 Å². The number of unbranched alkanes of at least 4 members (excludes halogenated alkanes) is 1. The number of hydrogen-bond donors (Lipinski definition) is 3. The molecule has 0 saturated carbocycles. The predicted molar refractivity (Wildman–Crippen MR) is 93.6 cm³/mol. The first-order valence-corrected chi connectivity index (χ1v) is 7.96. The molecule has 0 unspecified atom stereocenters. The Bertz CT molecular complexity index is 549. The Labute approximate surface area is 143 Å². The largest absolute Gasteiger partial charge is 0.496 e. The Balaban J connectivity index is 2.76. The van der Waals surface area contributed by atoms with Crippen molar-refractivity contribution in [2.24, 2.45) is 0 Å². The maximum absolute atomic E-state index is 12.4. The maximum atomic E-state index is 12.4. The summed E-state index contributed by atoms with van der Waals surface area (Å²) in [6, 6.07) is 4.58. The highest BCUT2D eigenvalue weighted by molar-refractivity contribution is 5.98. The second-order valence-corrected chi connectivity index (χ2v) is 5.34. The van der Waals surface area contributed by atoms with Gasteiger partial charge in [0, 0.05) is 5.69 Å². The van der Waals surface area contributed by atoms with E-state index in [1.165, 1.54) is 14.2 Å². The zero-order valence-electron chi connectivity index (χ0n) is 14.8. The van der Waals surface area contributed by atoms with Crippen LogP contribution in [-0.2, 0) is 9.53 Å². The topological polar surface area (TPSA) is 88.7 Å². The first-order chi connectivity index (χ1) is 11.6. The van der Waals surface area contributed by atoms with Gasteiger partial charge >= 0.3 is 5.97 Å². The second kappa shape index (κ2) is 10.6. The van der Waals surface area contributed by atoms with Gasteiger partial charge in [-0.2, -0.15) is 0 Å². The van der Waals surface area contributed by atoms with Gasteiger partial charge in [0.15, 0.2) is 0 Å². The molecule has 0 spiro atoms. The molecule has 1 aromatic rings. The van der Waals surface area contributed by atoms with Crippen molar-refractivity contribution in [3.63, 3.8) is 0 Å². The first kappa shape index (κ1) is 19.9. The number of methoxy groups -OCH3 is 2. The standard InChI is InChI=1S/C17H27N3O4/c1-18-10-6-5-7-14(19-2)16(21)20-12-8-9-15(23-3)13(11-12)17(22)24-4/h8-9,11,14,18-19H,5-7,10H2,1-4H3,(H,20,21)/t14-/m0/s1. The van der Waals surface area contributed by atoms with E-state index in [4.69, 9.17) is 9.47 Å². The number of likely N-dealkylation sites (N-methyl/N-ethyl adjacent to an activating group) is 1. The van der Waals surface area contributed by atoms with Gasteiger partial charge in [-0.15, -0.1) is 0 Å². The molecule has 0 aliphatic rings. The van der Waals surface area contributed by atoms with Gasteiger partial charge in [-0.25, -0.2) is 4.79 Å². The number of rotatable bonds is 10. The summed E-state index contributed by atoms with van der Waals surface area (Å²) in [6.45, 7) is 0.930. The van der Waals surface area contributed by atoms with Crippen LogP contribution < -0.4 is 20.7 Å². The van der Waals surface area contributed by atoms with Crippen LogP contribution in [0.5, 0.6) is 5.75 Å². The van der Waals surface area contributed by atoms with E-state index < -0.39 is 5.97 Å². The van der Waals surface area contributed by atoms with E-state index >= 15 is 0 Å². The molecule has 0 bridgehead atoms. The predicted octanol–water partition coefficient (Wildman–Crippen LogP) is 1.40. The number of carbonyl (C=O) groups is 2. The molecule has 1 rings (SSSR count). The Morgan fingerprint density at radius 1 is 1.17 bits per heavy atom. The molecule has 1 atom stereocenters. The van der Waals surface area contributed by atoms with Crippen LogP contribution in [0.15, 0.2) is 18.2 Å². The molecule has 0 aromatic heterocycles. The van der Waals surface area contributed by atoms with Crippen molar-refractivity contribution in [3.05, 3.63) is 23.8 Å². The third-order valence-corrected chi connectivity index (χ3v) is 3.71. The number of ether oxygens (including phenoxy) is 2. The molecule has 0 aliphatic carbocycles. The molecule has 0 saturated heterocycles. The molecule has 3 N–H and O–H groups in total. The molecule has 7 heteroatoms. The van der Waals surface area contributed by atoms with Crippen molar-refractivity contribution >= 4 is 17.6 Å². The molecule has 0 fully saturated rings. The van der Waals surface area contributed by atoms with Gasteiger partial charge in [0.25, 0.3) is 0 Å². The van der Waals surface area contributed by atoms with Gasteiger partial charge in [-0.3, -0.25) is 4.79 Å². The quantitative estimate of drug-likeness (QED) is 0.442. The summed E-state index contributed by atoms with van der Waals surface area (Å²) >= 11 is 0. The highest BCUT2D eigenvalue weighted by Crippen LogP contribution is 2.23. The first-order valence-electron chi connectivity index (χ1n) is 7.96. The molecule has 7 nitrogen and oxygen atoms in total. The molecular weight excluding hydrogens is 310 g/mol. The monoisotopic (exact) mass is 337 g/mol. The van der Waals surface area contributed by atoms with Crippen molar-refractivity contribution < 1.29 is 19.1 Å². The summed E-state index contributed by atoms with van der Waals surface area (Å²) < 4.78 is 9.87. The highest BCUT2D eigenvalue weighted by atomic mass is 16.5. The number of benzene rings is 1. The Hall–Kier alpha value is -2.12. The lowest BCUT2D eigenvalue weighted by molar-refractivity contribution is -0.118.